The predicted octanol–water partition coefficient (Wildman–Crippen LogP) is 8.01. The van der Waals surface area contributed by atoms with Crippen molar-refractivity contribution >= 4 is 24.1 Å². The van der Waals surface area contributed by atoms with E-state index in [-0.39, 0.29) is 17.8 Å². The molecule has 1 heterocycles. The molecule has 4 aromatic rings. The fourth-order valence-corrected chi connectivity index (χ4v) is 6.90. The fourth-order valence-electron chi connectivity index (χ4n) is 6.90. The lowest BCUT2D eigenvalue weighted by atomic mass is 9.99. The van der Waals surface area contributed by atoms with E-state index in [1.165, 1.54) is 5.56 Å². The van der Waals surface area contributed by atoms with E-state index in [2.05, 4.69) is 41.3 Å². The maximum absolute atomic E-state index is 11.8. The van der Waals surface area contributed by atoms with Gasteiger partial charge in [-0.2, -0.15) is 0 Å². The molecule has 62 heavy (non-hydrogen) atoms. The van der Waals surface area contributed by atoms with Crippen LogP contribution in [0.3, 0.4) is 0 Å². The van der Waals surface area contributed by atoms with E-state index in [9.17, 15) is 19.2 Å². The molecule has 0 spiro atoms. The monoisotopic (exact) mass is 852 g/mol. The standard InChI is InChI=1S/C28H38N2O5.C22H26O5/c1-4-34-28(32)13-9-23-8-12-26(27(20-23)35-19-5-18-33-3)25-10-6-24(7-11-25)21-29-14-16-30(17-15-29)22(2)31;1-3-26-22(24)12-8-17-7-11-20(19-9-5-18(16-23)6-10-19)21(15-17)27-14-4-13-25-2/h6-8,10-12,20H,4-5,9,13-19,21H2,1-3H3;5-7,9-11,15-16H,3-4,8,12-14H2,1-2H3. The van der Waals surface area contributed by atoms with Crippen molar-refractivity contribution in [2.24, 2.45) is 0 Å². The zero-order valence-electron chi connectivity index (χ0n) is 37.2. The Morgan fingerprint density at radius 1 is 0.597 bits per heavy atom. The van der Waals surface area contributed by atoms with Crippen molar-refractivity contribution in [2.45, 2.75) is 65.8 Å². The topological polar surface area (TPSA) is 130 Å². The summed E-state index contributed by atoms with van der Waals surface area (Å²) in [6.45, 7) is 12.7. The normalized spacial score (nSPS) is 12.5. The second-order valence-electron chi connectivity index (χ2n) is 14.9. The number of hydrogen-bond donors (Lipinski definition) is 0. The van der Waals surface area contributed by atoms with Gasteiger partial charge in [-0.1, -0.05) is 72.8 Å². The summed E-state index contributed by atoms with van der Waals surface area (Å²) < 4.78 is 32.4. The molecule has 5 rings (SSSR count). The zero-order chi connectivity index (χ0) is 44.5. The van der Waals surface area contributed by atoms with Crippen LogP contribution in [0.15, 0.2) is 84.9 Å². The minimum absolute atomic E-state index is 0.154. The lowest BCUT2D eigenvalue weighted by Gasteiger charge is -2.34. The van der Waals surface area contributed by atoms with Crippen LogP contribution < -0.4 is 9.47 Å². The van der Waals surface area contributed by atoms with Gasteiger partial charge in [0.15, 0.2) is 0 Å². The number of nitrogens with zero attached hydrogens (tertiary/aromatic N) is 2. The number of hydrogen-bond acceptors (Lipinski definition) is 11. The van der Waals surface area contributed by atoms with Crippen molar-refractivity contribution in [3.05, 3.63) is 107 Å². The van der Waals surface area contributed by atoms with Crippen molar-refractivity contribution in [1.29, 1.82) is 0 Å². The average Bonchev–Trinajstić information content (AvgIpc) is 3.29. The summed E-state index contributed by atoms with van der Waals surface area (Å²) in [6, 6.07) is 28.1. The van der Waals surface area contributed by atoms with Crippen molar-refractivity contribution in [1.82, 2.24) is 9.80 Å². The van der Waals surface area contributed by atoms with Gasteiger partial charge in [-0.25, -0.2) is 0 Å². The number of benzene rings is 4. The van der Waals surface area contributed by atoms with E-state index in [4.69, 9.17) is 28.4 Å². The van der Waals surface area contributed by atoms with E-state index in [0.717, 1.165) is 96.7 Å². The van der Waals surface area contributed by atoms with Gasteiger partial charge in [0, 0.05) is 109 Å². The highest BCUT2D eigenvalue weighted by molar-refractivity contribution is 5.78. The Hall–Kier alpha value is -5.56. The molecular weight excluding hydrogens is 789 g/mol. The van der Waals surface area contributed by atoms with E-state index in [0.29, 0.717) is 70.9 Å². The van der Waals surface area contributed by atoms with Gasteiger partial charge >= 0.3 is 11.9 Å². The number of carbonyl (C=O) groups excluding carboxylic acids is 4. The largest absolute Gasteiger partial charge is 0.493 e. The second-order valence-corrected chi connectivity index (χ2v) is 14.9. The third-order valence-electron chi connectivity index (χ3n) is 10.3. The highest BCUT2D eigenvalue weighted by Gasteiger charge is 2.19. The molecule has 0 bridgehead atoms. The van der Waals surface area contributed by atoms with Crippen LogP contribution in [0.1, 0.15) is 73.5 Å². The molecule has 1 fully saturated rings. The first-order chi connectivity index (χ1) is 30.2. The molecular formula is C50H64N2O10. The maximum Gasteiger partial charge on any atom is 0.306 e. The highest BCUT2D eigenvalue weighted by Crippen LogP contribution is 2.33. The number of ether oxygens (including phenoxy) is 6. The van der Waals surface area contributed by atoms with E-state index >= 15 is 0 Å². The molecule has 0 aliphatic carbocycles. The van der Waals surface area contributed by atoms with Gasteiger partial charge in [0.2, 0.25) is 5.91 Å². The van der Waals surface area contributed by atoms with E-state index in [1.54, 1.807) is 40.2 Å². The summed E-state index contributed by atoms with van der Waals surface area (Å²) in [6.07, 6.45) is 4.31. The van der Waals surface area contributed by atoms with Crippen LogP contribution in [0.5, 0.6) is 11.5 Å². The first-order valence-electron chi connectivity index (χ1n) is 21.6. The Bertz CT molecular complexity index is 1970. The number of carbonyl (C=O) groups is 4. The number of aryl methyl sites for hydroxylation is 2. The summed E-state index contributed by atoms with van der Waals surface area (Å²) in [5.41, 5.74) is 7.98. The Labute approximate surface area is 367 Å². The lowest BCUT2D eigenvalue weighted by molar-refractivity contribution is -0.144. The Morgan fingerprint density at radius 3 is 1.47 bits per heavy atom. The summed E-state index contributed by atoms with van der Waals surface area (Å²) in [5.74, 6) is 1.34. The second kappa shape index (κ2) is 27.4. The molecule has 0 radical (unpaired) electrons. The van der Waals surface area contributed by atoms with Gasteiger partial charge in [0.05, 0.1) is 26.4 Å². The number of piperazine rings is 1. The highest BCUT2D eigenvalue weighted by atomic mass is 16.5. The molecule has 12 nitrogen and oxygen atoms in total. The summed E-state index contributed by atoms with van der Waals surface area (Å²) in [4.78, 5) is 50.1. The molecule has 0 atom stereocenters. The number of esters is 2. The molecule has 1 saturated heterocycles. The smallest absolute Gasteiger partial charge is 0.306 e. The molecule has 1 aliphatic rings. The minimum Gasteiger partial charge on any atom is -0.493 e. The molecule has 0 saturated carbocycles. The lowest BCUT2D eigenvalue weighted by Crippen LogP contribution is -2.47. The Morgan fingerprint density at radius 2 is 1.05 bits per heavy atom. The van der Waals surface area contributed by atoms with Crippen molar-refractivity contribution in [3.8, 4) is 33.8 Å². The van der Waals surface area contributed by atoms with Crippen molar-refractivity contribution < 1.29 is 47.6 Å². The molecule has 0 N–H and O–H groups in total. The van der Waals surface area contributed by atoms with Crippen LogP contribution in [0.25, 0.3) is 22.3 Å². The minimum atomic E-state index is -0.200. The molecule has 334 valence electrons. The van der Waals surface area contributed by atoms with Crippen LogP contribution in [0.2, 0.25) is 0 Å². The molecule has 0 aromatic heterocycles. The number of rotatable bonds is 23. The number of aldehydes is 1. The van der Waals surface area contributed by atoms with Crippen molar-refractivity contribution in [2.75, 3.05) is 80.0 Å². The molecule has 1 amide bonds. The average molecular weight is 853 g/mol. The maximum atomic E-state index is 11.8. The SMILES string of the molecule is CCOC(=O)CCc1ccc(-c2ccc(C=O)cc2)c(OCCCOC)c1.CCOC(=O)CCc1ccc(-c2ccc(CN3CCN(C(C)=O)CC3)cc2)c(OCCCOC)c1. The zero-order valence-corrected chi connectivity index (χ0v) is 37.2. The van der Waals surface area contributed by atoms with Crippen molar-refractivity contribution in [3.63, 3.8) is 0 Å². The predicted molar refractivity (Wildman–Crippen MR) is 241 cm³/mol. The van der Waals surface area contributed by atoms with Crippen LogP contribution in [-0.4, -0.2) is 114 Å². The van der Waals surface area contributed by atoms with Gasteiger partial charge in [0.1, 0.15) is 17.8 Å². The van der Waals surface area contributed by atoms with Crippen LogP contribution in [-0.2, 0) is 52.7 Å². The molecule has 12 heteroatoms. The molecule has 0 unspecified atom stereocenters. The molecule has 1 aliphatic heterocycles. The van der Waals surface area contributed by atoms with Gasteiger partial charge < -0.3 is 33.3 Å². The van der Waals surface area contributed by atoms with Crippen LogP contribution >= 0.6 is 0 Å². The number of methoxy groups -OCH3 is 2. The first kappa shape index (κ1) is 49.1. The molecule has 4 aromatic carbocycles. The van der Waals surface area contributed by atoms with Gasteiger partial charge in [-0.05, 0) is 66.6 Å². The van der Waals surface area contributed by atoms with Crippen LogP contribution in [0, 0.1) is 0 Å². The quantitative estimate of drug-likeness (QED) is 0.0409. The summed E-state index contributed by atoms with van der Waals surface area (Å²) in [5, 5.41) is 0. The summed E-state index contributed by atoms with van der Waals surface area (Å²) >= 11 is 0. The summed E-state index contributed by atoms with van der Waals surface area (Å²) in [7, 11) is 3.35. The van der Waals surface area contributed by atoms with Crippen LogP contribution in [0.4, 0.5) is 0 Å². The van der Waals surface area contributed by atoms with Gasteiger partial charge in [0.25, 0.3) is 0 Å². The first-order valence-corrected chi connectivity index (χ1v) is 21.6. The third-order valence-corrected chi connectivity index (χ3v) is 10.3. The van der Waals surface area contributed by atoms with Gasteiger partial charge in [-0.3, -0.25) is 24.1 Å². The van der Waals surface area contributed by atoms with E-state index < -0.39 is 0 Å². The Balaban J connectivity index is 0.000000282. The Kier molecular flexibility index (Phi) is 21.7. The third kappa shape index (κ3) is 16.7. The fraction of sp³-hybridized carbons (Fsp3) is 0.440. The van der Waals surface area contributed by atoms with E-state index in [1.807, 2.05) is 48.2 Å². The number of amides is 1. The van der Waals surface area contributed by atoms with Gasteiger partial charge in [-0.15, -0.1) is 0 Å².